The van der Waals surface area contributed by atoms with Crippen LogP contribution in [0.3, 0.4) is 0 Å². The van der Waals surface area contributed by atoms with Gasteiger partial charge in [-0.05, 0) is 30.3 Å². The Hall–Kier alpha value is -3.81. The number of ether oxygens (including phenoxy) is 2. The number of hydrogen-bond acceptors (Lipinski definition) is 4. The molecule has 0 aliphatic rings. The summed E-state index contributed by atoms with van der Waals surface area (Å²) in [7, 11) is 0. The average Bonchev–Trinajstić information content (AvgIpc) is 2.77. The van der Waals surface area contributed by atoms with Crippen LogP contribution in [0, 0.1) is 0 Å². The molecule has 5 nitrogen and oxygen atoms in total. The Bertz CT molecular complexity index is 1040. The Balaban J connectivity index is 1.59. The maximum atomic E-state index is 13.0. The zero-order valence-electron chi connectivity index (χ0n) is 16.3. The largest absolute Gasteiger partial charge is 0.490 e. The summed E-state index contributed by atoms with van der Waals surface area (Å²) in [5, 5.41) is 3.66. The maximum Gasteiger partial charge on any atom is 0.417 e. The molecule has 1 amide bonds. The van der Waals surface area contributed by atoms with Crippen LogP contribution in [0.25, 0.3) is 0 Å². The first-order chi connectivity index (χ1) is 14.9. The van der Waals surface area contributed by atoms with E-state index in [4.69, 9.17) is 9.47 Å². The standard InChI is InChI=1S/C23H19F3N2O3/c24-23(25,26)20-12-6-4-8-17(20)16-27-28-22(29)19-11-5-7-13-21(19)31-15-14-30-18-9-2-1-3-10-18/h1-13,16H,14-15H2,(H,28,29)/b27-16+. The van der Waals surface area contributed by atoms with Crippen LogP contribution in [0.1, 0.15) is 21.5 Å². The first-order valence-electron chi connectivity index (χ1n) is 9.34. The van der Waals surface area contributed by atoms with Crippen molar-refractivity contribution in [2.45, 2.75) is 6.18 Å². The van der Waals surface area contributed by atoms with Gasteiger partial charge in [-0.1, -0.05) is 48.5 Å². The molecule has 0 atom stereocenters. The summed E-state index contributed by atoms with van der Waals surface area (Å²) in [5.74, 6) is 0.397. The molecule has 0 aliphatic heterocycles. The summed E-state index contributed by atoms with van der Waals surface area (Å²) < 4.78 is 50.3. The molecule has 0 aromatic heterocycles. The lowest BCUT2D eigenvalue weighted by atomic mass is 10.1. The minimum Gasteiger partial charge on any atom is -0.490 e. The van der Waals surface area contributed by atoms with Gasteiger partial charge in [0.15, 0.2) is 0 Å². The molecule has 0 saturated carbocycles. The van der Waals surface area contributed by atoms with Gasteiger partial charge in [-0.15, -0.1) is 0 Å². The molecular formula is C23H19F3N2O3. The number of alkyl halides is 3. The van der Waals surface area contributed by atoms with Gasteiger partial charge in [-0.3, -0.25) is 4.79 Å². The number of amides is 1. The van der Waals surface area contributed by atoms with Crippen LogP contribution >= 0.6 is 0 Å². The third-order valence-corrected chi connectivity index (χ3v) is 4.12. The zero-order chi connectivity index (χ0) is 22.1. The second kappa shape index (κ2) is 10.3. The number of hydrogen-bond donors (Lipinski definition) is 1. The lowest BCUT2D eigenvalue weighted by Gasteiger charge is -2.11. The van der Waals surface area contributed by atoms with Crippen molar-refractivity contribution in [1.29, 1.82) is 0 Å². The van der Waals surface area contributed by atoms with Gasteiger partial charge in [0.05, 0.1) is 17.3 Å². The van der Waals surface area contributed by atoms with Crippen molar-refractivity contribution >= 4 is 12.1 Å². The molecule has 8 heteroatoms. The van der Waals surface area contributed by atoms with Crippen molar-refractivity contribution in [2.24, 2.45) is 5.10 Å². The lowest BCUT2D eigenvalue weighted by Crippen LogP contribution is -2.20. The van der Waals surface area contributed by atoms with Gasteiger partial charge >= 0.3 is 6.18 Å². The van der Waals surface area contributed by atoms with Crippen molar-refractivity contribution in [3.05, 3.63) is 95.6 Å². The third-order valence-electron chi connectivity index (χ3n) is 4.12. The minimum atomic E-state index is -4.52. The van der Waals surface area contributed by atoms with Crippen LogP contribution in [0.15, 0.2) is 84.0 Å². The average molecular weight is 428 g/mol. The number of halogens is 3. The summed E-state index contributed by atoms with van der Waals surface area (Å²) in [6.07, 6.45) is -3.56. The fourth-order valence-electron chi connectivity index (χ4n) is 2.70. The number of nitrogens with one attached hydrogen (secondary N) is 1. The number of para-hydroxylation sites is 2. The van der Waals surface area contributed by atoms with E-state index in [1.807, 2.05) is 30.3 Å². The topological polar surface area (TPSA) is 59.9 Å². The number of benzene rings is 3. The molecule has 0 heterocycles. The van der Waals surface area contributed by atoms with Gasteiger partial charge in [0.1, 0.15) is 24.7 Å². The molecule has 3 aromatic carbocycles. The first kappa shape index (κ1) is 21.9. The van der Waals surface area contributed by atoms with Crippen LogP contribution in [0.4, 0.5) is 13.2 Å². The molecule has 0 saturated heterocycles. The lowest BCUT2D eigenvalue weighted by molar-refractivity contribution is -0.137. The highest BCUT2D eigenvalue weighted by Crippen LogP contribution is 2.31. The molecule has 160 valence electrons. The van der Waals surface area contributed by atoms with Crippen LogP contribution < -0.4 is 14.9 Å². The van der Waals surface area contributed by atoms with Gasteiger partial charge in [0.2, 0.25) is 0 Å². The number of carbonyl (C=O) groups is 1. The minimum absolute atomic E-state index is 0.155. The fraction of sp³-hybridized carbons (Fsp3) is 0.130. The molecular weight excluding hydrogens is 409 g/mol. The molecule has 3 aromatic rings. The van der Waals surface area contributed by atoms with Gasteiger partial charge < -0.3 is 9.47 Å². The Morgan fingerprint density at radius 1 is 0.871 bits per heavy atom. The smallest absolute Gasteiger partial charge is 0.417 e. The van der Waals surface area contributed by atoms with E-state index in [1.165, 1.54) is 24.3 Å². The summed E-state index contributed by atoms with van der Waals surface area (Å²) in [5.41, 5.74) is 1.44. The maximum absolute atomic E-state index is 13.0. The molecule has 1 N–H and O–H groups in total. The summed E-state index contributed by atoms with van der Waals surface area (Å²) in [6, 6.07) is 20.7. The predicted molar refractivity (Wildman–Crippen MR) is 110 cm³/mol. The highest BCUT2D eigenvalue weighted by Gasteiger charge is 2.32. The molecule has 0 fully saturated rings. The van der Waals surface area contributed by atoms with Crippen molar-refractivity contribution in [3.63, 3.8) is 0 Å². The van der Waals surface area contributed by atoms with Gasteiger partial charge in [0.25, 0.3) is 5.91 Å². The Morgan fingerprint density at radius 3 is 2.29 bits per heavy atom. The predicted octanol–water partition coefficient (Wildman–Crippen LogP) is 4.93. The Morgan fingerprint density at radius 2 is 1.52 bits per heavy atom. The summed E-state index contributed by atoms with van der Waals surface area (Å²) in [4.78, 5) is 12.4. The molecule has 0 unspecified atom stereocenters. The summed E-state index contributed by atoms with van der Waals surface area (Å²) >= 11 is 0. The Labute approximate surface area is 177 Å². The van der Waals surface area contributed by atoms with Crippen molar-refractivity contribution < 1.29 is 27.4 Å². The number of hydrazone groups is 1. The van der Waals surface area contributed by atoms with Crippen molar-refractivity contribution in [2.75, 3.05) is 13.2 Å². The highest BCUT2D eigenvalue weighted by atomic mass is 19.4. The van der Waals surface area contributed by atoms with Crippen LogP contribution in [-0.2, 0) is 6.18 Å². The van der Waals surface area contributed by atoms with Crippen LogP contribution in [0.5, 0.6) is 11.5 Å². The van der Waals surface area contributed by atoms with Gasteiger partial charge in [-0.2, -0.15) is 18.3 Å². The van der Waals surface area contributed by atoms with Gasteiger partial charge in [0, 0.05) is 5.56 Å². The molecule has 31 heavy (non-hydrogen) atoms. The quantitative estimate of drug-likeness (QED) is 0.315. The molecule has 3 rings (SSSR count). The van der Waals surface area contributed by atoms with Crippen LogP contribution in [-0.4, -0.2) is 25.3 Å². The van der Waals surface area contributed by atoms with Crippen LogP contribution in [0.2, 0.25) is 0 Å². The van der Waals surface area contributed by atoms with Crippen molar-refractivity contribution in [3.8, 4) is 11.5 Å². The van der Waals surface area contributed by atoms with E-state index in [1.54, 1.807) is 18.2 Å². The fourth-order valence-corrected chi connectivity index (χ4v) is 2.70. The van der Waals surface area contributed by atoms with E-state index in [0.29, 0.717) is 11.5 Å². The van der Waals surface area contributed by atoms with E-state index < -0.39 is 17.6 Å². The third kappa shape index (κ3) is 6.33. The second-order valence-corrected chi connectivity index (χ2v) is 6.29. The van der Waals surface area contributed by atoms with E-state index >= 15 is 0 Å². The van der Waals surface area contributed by atoms with E-state index in [0.717, 1.165) is 12.3 Å². The molecule has 0 radical (unpaired) electrons. The second-order valence-electron chi connectivity index (χ2n) is 6.29. The van der Waals surface area contributed by atoms with E-state index in [2.05, 4.69) is 10.5 Å². The highest BCUT2D eigenvalue weighted by molar-refractivity contribution is 5.97. The van der Waals surface area contributed by atoms with Crippen molar-refractivity contribution in [1.82, 2.24) is 5.43 Å². The van der Waals surface area contributed by atoms with Gasteiger partial charge in [-0.25, -0.2) is 5.43 Å². The zero-order valence-corrected chi connectivity index (χ0v) is 16.3. The molecule has 0 aliphatic carbocycles. The number of carbonyl (C=O) groups excluding carboxylic acids is 1. The van der Waals surface area contributed by atoms with E-state index in [9.17, 15) is 18.0 Å². The number of nitrogens with zero attached hydrogens (tertiary/aromatic N) is 1. The number of rotatable bonds is 8. The Kier molecular flexibility index (Phi) is 7.26. The normalized spacial score (nSPS) is 11.3. The molecule has 0 spiro atoms. The first-order valence-corrected chi connectivity index (χ1v) is 9.34. The monoisotopic (exact) mass is 428 g/mol. The molecule has 0 bridgehead atoms. The van der Waals surface area contributed by atoms with E-state index in [-0.39, 0.29) is 24.3 Å². The summed E-state index contributed by atoms with van der Waals surface area (Å²) in [6.45, 7) is 0.466. The SMILES string of the molecule is O=C(N/N=C/c1ccccc1C(F)(F)F)c1ccccc1OCCOc1ccccc1.